The first-order valence-electron chi connectivity index (χ1n) is 7.77. The maximum Gasteiger partial charge on any atom is 0.307 e. The predicted molar refractivity (Wildman–Crippen MR) is 106 cm³/mol. The van der Waals surface area contributed by atoms with Crippen molar-refractivity contribution in [1.29, 1.82) is 0 Å². The highest BCUT2D eigenvalue weighted by Crippen LogP contribution is 2.31. The average Bonchev–Trinajstić information content (AvgIpc) is 2.40. The first-order valence-corrected chi connectivity index (χ1v) is 9.23. The van der Waals surface area contributed by atoms with Crippen molar-refractivity contribution < 1.29 is 14.3 Å². The Hall–Kier alpha value is -1.02. The Labute approximate surface area is 162 Å². The van der Waals surface area contributed by atoms with Crippen LogP contribution < -0.4 is 10.6 Å². The van der Waals surface area contributed by atoms with Gasteiger partial charge in [0.1, 0.15) is 0 Å². The molecule has 0 aromatic heterocycles. The van der Waals surface area contributed by atoms with E-state index in [9.17, 15) is 9.59 Å². The molecule has 0 aliphatic carbocycles. The molecule has 24 heavy (non-hydrogen) atoms. The van der Waals surface area contributed by atoms with Gasteiger partial charge in [-0.2, -0.15) is 0 Å². The van der Waals surface area contributed by atoms with Crippen molar-refractivity contribution >= 4 is 51.8 Å². The van der Waals surface area contributed by atoms with Crippen molar-refractivity contribution in [1.82, 2.24) is 5.32 Å². The van der Waals surface area contributed by atoms with E-state index in [1.165, 1.54) is 0 Å². The molecule has 134 valence electrons. The van der Waals surface area contributed by atoms with Crippen molar-refractivity contribution in [2.45, 2.75) is 52.6 Å². The second-order valence-electron chi connectivity index (χ2n) is 6.57. The number of halogens is 2. The molecule has 7 heteroatoms. The van der Waals surface area contributed by atoms with E-state index in [4.69, 9.17) is 16.3 Å². The first kappa shape index (κ1) is 21.0. The smallest absolute Gasteiger partial charge is 0.307 e. The van der Waals surface area contributed by atoms with E-state index in [0.29, 0.717) is 22.9 Å². The van der Waals surface area contributed by atoms with Gasteiger partial charge in [0.2, 0.25) is 0 Å². The molecule has 5 nitrogen and oxygen atoms in total. The minimum Gasteiger partial charge on any atom is -0.466 e. The number of anilines is 1. The summed E-state index contributed by atoms with van der Waals surface area (Å²) in [5.74, 6) is -0.613. The Morgan fingerprint density at radius 1 is 1.33 bits per heavy atom. The summed E-state index contributed by atoms with van der Waals surface area (Å²) in [7, 11) is 0. The van der Waals surface area contributed by atoms with E-state index < -0.39 is 0 Å². The lowest BCUT2D eigenvalue weighted by molar-refractivity contribution is -0.143. The monoisotopic (exact) mass is 466 g/mol. The molecule has 1 amide bonds. The highest BCUT2D eigenvalue weighted by atomic mass is 127. The van der Waals surface area contributed by atoms with Crippen LogP contribution in [0.2, 0.25) is 5.02 Å². The van der Waals surface area contributed by atoms with Crippen molar-refractivity contribution in [3.63, 3.8) is 0 Å². The van der Waals surface area contributed by atoms with E-state index in [0.717, 1.165) is 3.57 Å². The third kappa shape index (κ3) is 6.84. The van der Waals surface area contributed by atoms with E-state index in [-0.39, 0.29) is 29.9 Å². The second kappa shape index (κ2) is 8.89. The Morgan fingerprint density at radius 2 is 1.96 bits per heavy atom. The highest BCUT2D eigenvalue weighted by molar-refractivity contribution is 14.1. The van der Waals surface area contributed by atoms with Gasteiger partial charge in [0.15, 0.2) is 0 Å². The molecule has 1 aromatic carbocycles. The van der Waals surface area contributed by atoms with Crippen LogP contribution >= 0.6 is 34.2 Å². The number of rotatable bonds is 6. The van der Waals surface area contributed by atoms with Gasteiger partial charge in [0, 0.05) is 15.2 Å². The van der Waals surface area contributed by atoms with Crippen LogP contribution in [0.4, 0.5) is 5.69 Å². The molecule has 1 aromatic rings. The van der Waals surface area contributed by atoms with Crippen molar-refractivity contribution in [2.75, 3.05) is 11.9 Å². The van der Waals surface area contributed by atoms with Crippen LogP contribution in [0.15, 0.2) is 12.1 Å². The van der Waals surface area contributed by atoms with Gasteiger partial charge in [0.05, 0.1) is 29.3 Å². The molecule has 0 bridgehead atoms. The lowest BCUT2D eigenvalue weighted by Gasteiger charge is -2.25. The van der Waals surface area contributed by atoms with Gasteiger partial charge in [-0.15, -0.1) is 0 Å². The highest BCUT2D eigenvalue weighted by Gasteiger charge is 2.22. The number of carbonyl (C=O) groups is 2. The predicted octanol–water partition coefficient (Wildman–Crippen LogP) is 4.23. The van der Waals surface area contributed by atoms with E-state index in [2.05, 4.69) is 33.2 Å². The van der Waals surface area contributed by atoms with E-state index in [1.54, 1.807) is 26.0 Å². The summed E-state index contributed by atoms with van der Waals surface area (Å²) in [4.78, 5) is 24.2. The Balaban J connectivity index is 2.99. The van der Waals surface area contributed by atoms with Gasteiger partial charge in [-0.3, -0.25) is 9.59 Å². The van der Waals surface area contributed by atoms with Crippen LogP contribution in [-0.4, -0.2) is 30.1 Å². The molecular weight excluding hydrogens is 443 g/mol. The zero-order valence-electron chi connectivity index (χ0n) is 14.6. The number of amides is 1. The second-order valence-corrected chi connectivity index (χ2v) is 8.22. The fourth-order valence-electron chi connectivity index (χ4n) is 2.08. The number of nitrogens with one attached hydrogen (secondary N) is 2. The molecule has 1 rings (SSSR count). The molecule has 0 aliphatic rings. The van der Waals surface area contributed by atoms with Gasteiger partial charge in [-0.25, -0.2) is 0 Å². The van der Waals surface area contributed by atoms with E-state index in [1.807, 2.05) is 20.8 Å². The van der Waals surface area contributed by atoms with Gasteiger partial charge >= 0.3 is 5.97 Å². The zero-order valence-corrected chi connectivity index (χ0v) is 17.5. The summed E-state index contributed by atoms with van der Waals surface area (Å²) >= 11 is 8.44. The normalized spacial score (nSPS) is 12.5. The molecule has 2 N–H and O–H groups in total. The van der Waals surface area contributed by atoms with Crippen molar-refractivity contribution in [2.24, 2.45) is 0 Å². The summed E-state index contributed by atoms with van der Waals surface area (Å²) < 4.78 is 5.76. The van der Waals surface area contributed by atoms with Crippen molar-refractivity contribution in [3.05, 3.63) is 26.3 Å². The van der Waals surface area contributed by atoms with Crippen LogP contribution in [-0.2, 0) is 9.53 Å². The molecule has 0 spiro atoms. The number of hydrogen-bond donors (Lipinski definition) is 2. The van der Waals surface area contributed by atoms with Gasteiger partial charge < -0.3 is 15.4 Å². The first-order chi connectivity index (χ1) is 11.0. The molecule has 0 saturated heterocycles. The molecule has 0 saturated carbocycles. The third-order valence-electron chi connectivity index (χ3n) is 2.96. The summed E-state index contributed by atoms with van der Waals surface area (Å²) in [6.45, 7) is 9.82. The summed E-state index contributed by atoms with van der Waals surface area (Å²) in [5.41, 5.74) is 0.796. The largest absolute Gasteiger partial charge is 0.466 e. The van der Waals surface area contributed by atoms with Crippen LogP contribution in [0.1, 0.15) is 51.4 Å². The number of benzene rings is 1. The topological polar surface area (TPSA) is 67.4 Å². The van der Waals surface area contributed by atoms with Crippen LogP contribution in [0.25, 0.3) is 0 Å². The molecular formula is C17H24ClIN2O3. The Kier molecular flexibility index (Phi) is 7.79. The third-order valence-corrected chi connectivity index (χ3v) is 3.88. The number of ether oxygens (including phenoxy) is 1. The van der Waals surface area contributed by atoms with Gasteiger partial charge in [0.25, 0.3) is 5.91 Å². The number of hydrogen-bond acceptors (Lipinski definition) is 4. The fraction of sp³-hybridized carbons (Fsp3) is 0.529. The molecule has 0 unspecified atom stereocenters. The minimum absolute atomic E-state index is 0.124. The summed E-state index contributed by atoms with van der Waals surface area (Å²) in [5, 5.41) is 6.58. The maximum absolute atomic E-state index is 12.6. The Morgan fingerprint density at radius 3 is 2.50 bits per heavy atom. The summed E-state index contributed by atoms with van der Waals surface area (Å²) in [6.07, 6.45) is 0.124. The average molecular weight is 467 g/mol. The Bertz CT molecular complexity index is 615. The SMILES string of the molecule is CCOC(=O)C[C@H](C)NC(=O)c1cc(I)cc(Cl)c1NC(C)(C)C. The molecule has 0 fully saturated rings. The molecule has 0 aliphatic heterocycles. The minimum atomic E-state index is -0.337. The maximum atomic E-state index is 12.6. The summed E-state index contributed by atoms with van der Waals surface area (Å²) in [6, 6.07) is 3.23. The van der Waals surface area contributed by atoms with Crippen molar-refractivity contribution in [3.8, 4) is 0 Å². The lowest BCUT2D eigenvalue weighted by Crippen LogP contribution is -2.36. The van der Waals surface area contributed by atoms with Crippen LogP contribution in [0.3, 0.4) is 0 Å². The number of esters is 1. The van der Waals surface area contributed by atoms with Gasteiger partial charge in [-0.1, -0.05) is 11.6 Å². The standard InChI is InChI=1S/C17H24ClIN2O3/c1-6-24-14(22)7-10(2)20-16(23)12-8-11(19)9-13(18)15(12)21-17(3,4)5/h8-10,21H,6-7H2,1-5H3,(H,20,23)/t10-/m0/s1. The quantitative estimate of drug-likeness (QED) is 0.486. The molecule has 1 atom stereocenters. The molecule has 0 heterocycles. The lowest BCUT2D eigenvalue weighted by atomic mass is 10.1. The van der Waals surface area contributed by atoms with Gasteiger partial charge in [-0.05, 0) is 69.3 Å². The van der Waals surface area contributed by atoms with E-state index >= 15 is 0 Å². The zero-order chi connectivity index (χ0) is 18.5. The van der Waals surface area contributed by atoms with Crippen LogP contribution in [0.5, 0.6) is 0 Å². The number of carbonyl (C=O) groups excluding carboxylic acids is 2. The molecule has 0 radical (unpaired) electrons. The fourth-order valence-corrected chi connectivity index (χ4v) is 3.15. The van der Waals surface area contributed by atoms with Crippen LogP contribution in [0, 0.1) is 3.57 Å².